The van der Waals surface area contributed by atoms with E-state index in [0.29, 0.717) is 18.9 Å². The normalized spacial score (nSPS) is 10.2. The van der Waals surface area contributed by atoms with Crippen LogP contribution >= 0.6 is 0 Å². The summed E-state index contributed by atoms with van der Waals surface area (Å²) < 4.78 is 4.64. The molecule has 0 atom stereocenters. The monoisotopic (exact) mass is 296 g/mol. The number of unbranched alkanes of at least 4 members (excludes halogenated alkanes) is 2. The van der Waals surface area contributed by atoms with Gasteiger partial charge < -0.3 is 20.1 Å². The van der Waals surface area contributed by atoms with Crippen LogP contribution < -0.4 is 10.6 Å². The van der Waals surface area contributed by atoms with E-state index in [1.54, 1.807) is 6.07 Å². The minimum absolute atomic E-state index is 0.00478. The van der Waals surface area contributed by atoms with Crippen molar-refractivity contribution >= 4 is 17.8 Å². The molecule has 0 saturated heterocycles. The van der Waals surface area contributed by atoms with E-state index < -0.39 is 0 Å². The van der Waals surface area contributed by atoms with Crippen LogP contribution in [0.1, 0.15) is 39.5 Å². The highest BCUT2D eigenvalue weighted by Gasteiger charge is 2.16. The first-order chi connectivity index (χ1) is 10.2. The molecule has 0 unspecified atom stereocenters. The molecule has 1 aromatic heterocycles. The Morgan fingerprint density at radius 2 is 2.05 bits per heavy atom. The Morgan fingerprint density at radius 1 is 1.29 bits per heavy atom. The van der Waals surface area contributed by atoms with E-state index in [4.69, 9.17) is 0 Å². The summed E-state index contributed by atoms with van der Waals surface area (Å²) in [5, 5.41) is 9.02. The summed E-state index contributed by atoms with van der Waals surface area (Å²) in [6, 6.07) is 1.35. The number of urea groups is 1. The standard InChI is InChI=1S/C14H24N4O3/c1-3-5-8-15-14(20)18(9-6-4-2)11-13(19)16-12-7-10-21-17-12/h7,10H,3-6,8-9,11H2,1-2H3,(H,15,20)(H,16,17,19). The summed E-state index contributed by atoms with van der Waals surface area (Å²) in [4.78, 5) is 25.5. The van der Waals surface area contributed by atoms with Crippen molar-refractivity contribution in [2.24, 2.45) is 0 Å². The van der Waals surface area contributed by atoms with Crippen LogP contribution in [0.25, 0.3) is 0 Å². The summed E-state index contributed by atoms with van der Waals surface area (Å²) in [5.74, 6) is 0.0625. The molecular weight excluding hydrogens is 272 g/mol. The Labute approximate surface area is 125 Å². The third-order valence-electron chi connectivity index (χ3n) is 2.92. The molecule has 1 heterocycles. The number of anilines is 1. The third kappa shape index (κ3) is 6.78. The lowest BCUT2D eigenvalue weighted by Gasteiger charge is -2.22. The number of carbonyl (C=O) groups excluding carboxylic acids is 2. The fraction of sp³-hybridized carbons (Fsp3) is 0.643. The molecule has 0 fully saturated rings. The van der Waals surface area contributed by atoms with Gasteiger partial charge >= 0.3 is 6.03 Å². The first kappa shape index (κ1) is 17.0. The van der Waals surface area contributed by atoms with Crippen molar-refractivity contribution in [3.05, 3.63) is 12.3 Å². The molecule has 1 aromatic rings. The molecule has 2 N–H and O–H groups in total. The van der Waals surface area contributed by atoms with Gasteiger partial charge in [-0.05, 0) is 12.8 Å². The number of carbonyl (C=O) groups is 2. The maximum atomic E-state index is 12.1. The topological polar surface area (TPSA) is 87.5 Å². The second-order valence-electron chi connectivity index (χ2n) is 4.79. The molecule has 7 nitrogen and oxygen atoms in total. The number of nitrogens with one attached hydrogen (secondary N) is 2. The van der Waals surface area contributed by atoms with Gasteiger partial charge in [0.05, 0.1) is 0 Å². The van der Waals surface area contributed by atoms with Gasteiger partial charge in [-0.15, -0.1) is 0 Å². The Kier molecular flexibility index (Phi) is 7.93. The van der Waals surface area contributed by atoms with Crippen molar-refractivity contribution in [1.29, 1.82) is 0 Å². The second-order valence-corrected chi connectivity index (χ2v) is 4.79. The highest BCUT2D eigenvalue weighted by molar-refractivity contribution is 5.93. The zero-order chi connectivity index (χ0) is 15.5. The van der Waals surface area contributed by atoms with Crippen LogP contribution in [0.3, 0.4) is 0 Å². The van der Waals surface area contributed by atoms with Crippen LogP contribution in [0, 0.1) is 0 Å². The summed E-state index contributed by atoms with van der Waals surface area (Å²) >= 11 is 0. The SMILES string of the molecule is CCCCNC(=O)N(CCCC)CC(=O)Nc1ccon1. The molecule has 3 amide bonds. The Balaban J connectivity index is 2.47. The van der Waals surface area contributed by atoms with Crippen LogP contribution in [0.5, 0.6) is 0 Å². The smallest absolute Gasteiger partial charge is 0.317 e. The van der Waals surface area contributed by atoms with Crippen molar-refractivity contribution in [2.75, 3.05) is 25.0 Å². The van der Waals surface area contributed by atoms with Gasteiger partial charge in [-0.2, -0.15) is 0 Å². The molecule has 0 bridgehead atoms. The minimum Gasteiger partial charge on any atom is -0.363 e. The van der Waals surface area contributed by atoms with Gasteiger partial charge in [-0.25, -0.2) is 4.79 Å². The quantitative estimate of drug-likeness (QED) is 0.684. The predicted octanol–water partition coefficient (Wildman–Crippen LogP) is 2.22. The fourth-order valence-electron chi connectivity index (χ4n) is 1.72. The molecule has 1 rings (SSSR count). The van der Waals surface area contributed by atoms with Crippen molar-refractivity contribution in [1.82, 2.24) is 15.4 Å². The van der Waals surface area contributed by atoms with E-state index in [9.17, 15) is 9.59 Å². The molecule has 0 aliphatic heterocycles. The van der Waals surface area contributed by atoms with E-state index in [-0.39, 0.29) is 18.5 Å². The van der Waals surface area contributed by atoms with E-state index in [1.807, 2.05) is 6.92 Å². The van der Waals surface area contributed by atoms with Crippen LogP contribution in [-0.2, 0) is 4.79 Å². The Bertz CT molecular complexity index is 420. The molecular formula is C14H24N4O3. The first-order valence-electron chi connectivity index (χ1n) is 7.40. The second kappa shape index (κ2) is 9.79. The maximum absolute atomic E-state index is 12.1. The third-order valence-corrected chi connectivity index (χ3v) is 2.92. The first-order valence-corrected chi connectivity index (χ1v) is 7.40. The number of rotatable bonds is 9. The summed E-state index contributed by atoms with van der Waals surface area (Å²) in [6.45, 7) is 5.30. The lowest BCUT2D eigenvalue weighted by Crippen LogP contribution is -2.44. The lowest BCUT2D eigenvalue weighted by atomic mass is 10.3. The lowest BCUT2D eigenvalue weighted by molar-refractivity contribution is -0.116. The largest absolute Gasteiger partial charge is 0.363 e. The molecule has 118 valence electrons. The molecule has 0 saturated carbocycles. The summed E-state index contributed by atoms with van der Waals surface area (Å²) in [6.07, 6.45) is 5.14. The van der Waals surface area contributed by atoms with E-state index in [2.05, 4.69) is 27.2 Å². The molecule has 0 aliphatic rings. The van der Waals surface area contributed by atoms with Gasteiger partial charge in [-0.3, -0.25) is 4.79 Å². The zero-order valence-corrected chi connectivity index (χ0v) is 12.7. The maximum Gasteiger partial charge on any atom is 0.317 e. The summed E-state index contributed by atoms with van der Waals surface area (Å²) in [7, 11) is 0. The van der Waals surface area contributed by atoms with Crippen molar-refractivity contribution in [3.8, 4) is 0 Å². The van der Waals surface area contributed by atoms with Gasteiger partial charge in [-0.1, -0.05) is 31.8 Å². The van der Waals surface area contributed by atoms with Crippen LogP contribution in [-0.4, -0.2) is 41.6 Å². The van der Waals surface area contributed by atoms with Crippen molar-refractivity contribution < 1.29 is 14.1 Å². The fourth-order valence-corrected chi connectivity index (χ4v) is 1.72. The number of hydrogen-bond donors (Lipinski definition) is 2. The van der Waals surface area contributed by atoms with Gasteiger partial charge in [0, 0.05) is 19.2 Å². The number of aromatic nitrogens is 1. The van der Waals surface area contributed by atoms with Gasteiger partial charge in [0.25, 0.3) is 0 Å². The molecule has 0 radical (unpaired) electrons. The average molecular weight is 296 g/mol. The van der Waals surface area contributed by atoms with Gasteiger partial charge in [0.1, 0.15) is 12.8 Å². The Hall–Kier alpha value is -2.05. The highest BCUT2D eigenvalue weighted by Crippen LogP contribution is 2.02. The van der Waals surface area contributed by atoms with Crippen molar-refractivity contribution in [3.63, 3.8) is 0 Å². The molecule has 0 aromatic carbocycles. The van der Waals surface area contributed by atoms with Crippen LogP contribution in [0.15, 0.2) is 16.9 Å². The summed E-state index contributed by atoms with van der Waals surface area (Å²) in [5.41, 5.74) is 0. The molecule has 7 heteroatoms. The molecule has 21 heavy (non-hydrogen) atoms. The van der Waals surface area contributed by atoms with E-state index in [1.165, 1.54) is 11.2 Å². The van der Waals surface area contributed by atoms with E-state index in [0.717, 1.165) is 25.7 Å². The van der Waals surface area contributed by atoms with Gasteiger partial charge in [0.2, 0.25) is 5.91 Å². The Morgan fingerprint density at radius 3 is 2.67 bits per heavy atom. The van der Waals surface area contributed by atoms with Gasteiger partial charge in [0.15, 0.2) is 5.82 Å². The highest BCUT2D eigenvalue weighted by atomic mass is 16.5. The molecule has 0 aliphatic carbocycles. The molecule has 0 spiro atoms. The average Bonchev–Trinajstić information content (AvgIpc) is 2.96. The number of nitrogens with zero attached hydrogens (tertiary/aromatic N) is 2. The zero-order valence-electron chi connectivity index (χ0n) is 12.7. The van der Waals surface area contributed by atoms with Crippen molar-refractivity contribution in [2.45, 2.75) is 39.5 Å². The minimum atomic E-state index is -0.286. The number of hydrogen-bond acceptors (Lipinski definition) is 4. The van der Waals surface area contributed by atoms with Crippen LogP contribution in [0.2, 0.25) is 0 Å². The van der Waals surface area contributed by atoms with Crippen LogP contribution in [0.4, 0.5) is 10.6 Å². The number of amides is 3. The van der Waals surface area contributed by atoms with E-state index >= 15 is 0 Å². The predicted molar refractivity (Wildman–Crippen MR) is 79.9 cm³/mol.